The van der Waals surface area contributed by atoms with Crippen molar-refractivity contribution in [3.63, 3.8) is 0 Å². The molecular formula is C21H17N3O3S. The van der Waals surface area contributed by atoms with Gasteiger partial charge >= 0.3 is 5.97 Å². The van der Waals surface area contributed by atoms with Gasteiger partial charge in [-0.3, -0.25) is 14.7 Å². The van der Waals surface area contributed by atoms with E-state index in [2.05, 4.69) is 9.97 Å². The van der Waals surface area contributed by atoms with Crippen molar-refractivity contribution in [1.29, 1.82) is 0 Å². The number of carbonyl (C=O) groups is 2. The molecule has 0 aliphatic carbocycles. The van der Waals surface area contributed by atoms with E-state index in [1.807, 2.05) is 54.6 Å². The lowest BCUT2D eigenvalue weighted by molar-refractivity contribution is -0.122. The second-order valence-electron chi connectivity index (χ2n) is 6.14. The van der Waals surface area contributed by atoms with Gasteiger partial charge < -0.3 is 4.74 Å². The minimum Gasteiger partial charge on any atom is -0.451 e. The zero-order valence-electron chi connectivity index (χ0n) is 14.9. The number of benzene rings is 2. The molecule has 0 N–H and O–H groups in total. The lowest BCUT2D eigenvalue weighted by Gasteiger charge is -2.37. The van der Waals surface area contributed by atoms with Crippen LogP contribution in [0, 0.1) is 0 Å². The molecule has 1 aliphatic rings. The molecule has 0 saturated carbocycles. The number of nitrogens with zero attached hydrogens (tertiary/aromatic N) is 3. The molecule has 2 heterocycles. The van der Waals surface area contributed by atoms with Crippen LogP contribution < -0.4 is 4.90 Å². The SMILES string of the molecule is O=C(OCC(=O)N1c2ccccc2SCC1c1ccccc1)c1cnccn1. The summed E-state index contributed by atoms with van der Waals surface area (Å²) in [5.74, 6) is -0.221. The Morgan fingerprint density at radius 2 is 1.86 bits per heavy atom. The first-order chi connectivity index (χ1) is 13.7. The van der Waals surface area contributed by atoms with Crippen molar-refractivity contribution < 1.29 is 14.3 Å². The maximum Gasteiger partial charge on any atom is 0.359 e. The molecular weight excluding hydrogens is 374 g/mol. The van der Waals surface area contributed by atoms with Gasteiger partial charge in [0.05, 0.1) is 17.9 Å². The number of hydrogen-bond donors (Lipinski definition) is 0. The van der Waals surface area contributed by atoms with Gasteiger partial charge in [-0.2, -0.15) is 0 Å². The van der Waals surface area contributed by atoms with Crippen LogP contribution in [0.5, 0.6) is 0 Å². The molecule has 7 heteroatoms. The Labute approximate surface area is 166 Å². The van der Waals surface area contributed by atoms with Crippen molar-refractivity contribution in [1.82, 2.24) is 9.97 Å². The number of para-hydroxylation sites is 1. The molecule has 0 spiro atoms. The third-order valence-electron chi connectivity index (χ3n) is 4.39. The Morgan fingerprint density at radius 3 is 2.64 bits per heavy atom. The third kappa shape index (κ3) is 3.75. The standard InChI is InChI=1S/C21H17N3O3S/c25-20(13-27-21(26)16-12-22-10-11-23-16)24-17-8-4-5-9-19(17)28-14-18(24)15-6-2-1-3-7-15/h1-12,18H,13-14H2. The van der Waals surface area contributed by atoms with Crippen molar-refractivity contribution in [2.45, 2.75) is 10.9 Å². The Balaban J connectivity index is 1.58. The first-order valence-electron chi connectivity index (χ1n) is 8.76. The summed E-state index contributed by atoms with van der Waals surface area (Å²) in [7, 11) is 0. The van der Waals surface area contributed by atoms with E-state index >= 15 is 0 Å². The van der Waals surface area contributed by atoms with E-state index in [1.165, 1.54) is 18.6 Å². The summed E-state index contributed by atoms with van der Waals surface area (Å²) < 4.78 is 5.20. The van der Waals surface area contributed by atoms with Gasteiger partial charge in [0.1, 0.15) is 0 Å². The number of fused-ring (bicyclic) bond motifs is 1. The second-order valence-corrected chi connectivity index (χ2v) is 7.20. The van der Waals surface area contributed by atoms with Gasteiger partial charge in [-0.15, -0.1) is 11.8 Å². The maximum atomic E-state index is 13.1. The topological polar surface area (TPSA) is 72.4 Å². The molecule has 0 bridgehead atoms. The fourth-order valence-corrected chi connectivity index (χ4v) is 4.26. The van der Waals surface area contributed by atoms with Crippen LogP contribution in [-0.4, -0.2) is 34.2 Å². The van der Waals surface area contributed by atoms with E-state index < -0.39 is 5.97 Å². The predicted molar refractivity (Wildman–Crippen MR) is 106 cm³/mol. The van der Waals surface area contributed by atoms with E-state index in [4.69, 9.17) is 4.74 Å². The fraction of sp³-hybridized carbons (Fsp3) is 0.143. The normalized spacial score (nSPS) is 15.6. The Morgan fingerprint density at radius 1 is 1.07 bits per heavy atom. The van der Waals surface area contributed by atoms with Crippen LogP contribution in [0.1, 0.15) is 22.1 Å². The number of hydrogen-bond acceptors (Lipinski definition) is 6. The third-order valence-corrected chi connectivity index (χ3v) is 5.52. The van der Waals surface area contributed by atoms with Gasteiger partial charge in [-0.1, -0.05) is 42.5 Å². The summed E-state index contributed by atoms with van der Waals surface area (Å²) in [4.78, 5) is 35.7. The molecule has 0 fully saturated rings. The number of thioether (sulfide) groups is 1. The highest BCUT2D eigenvalue weighted by atomic mass is 32.2. The van der Waals surface area contributed by atoms with Crippen molar-refractivity contribution in [3.8, 4) is 0 Å². The highest BCUT2D eigenvalue weighted by Crippen LogP contribution is 2.43. The van der Waals surface area contributed by atoms with Gasteiger partial charge in [-0.05, 0) is 17.7 Å². The molecule has 4 rings (SSSR count). The zero-order chi connectivity index (χ0) is 19.3. The lowest BCUT2D eigenvalue weighted by Crippen LogP contribution is -2.41. The number of carbonyl (C=O) groups excluding carboxylic acids is 2. The summed E-state index contributed by atoms with van der Waals surface area (Å²) in [6.07, 6.45) is 4.18. The minimum absolute atomic E-state index is 0.0736. The molecule has 2 aromatic carbocycles. The van der Waals surface area contributed by atoms with Crippen LogP contribution in [0.2, 0.25) is 0 Å². The number of ether oxygens (including phenoxy) is 1. The van der Waals surface area contributed by atoms with Crippen molar-refractivity contribution in [3.05, 3.63) is 84.4 Å². The predicted octanol–water partition coefficient (Wildman–Crippen LogP) is 3.51. The first kappa shape index (κ1) is 18.2. The number of amides is 1. The molecule has 1 amide bonds. The summed E-state index contributed by atoms with van der Waals surface area (Å²) in [6.45, 7) is -0.363. The Hall–Kier alpha value is -3.19. The average Bonchev–Trinajstić information content (AvgIpc) is 2.77. The smallest absolute Gasteiger partial charge is 0.359 e. The molecule has 3 aromatic rings. The van der Waals surface area contributed by atoms with Gasteiger partial charge in [-0.25, -0.2) is 9.78 Å². The van der Waals surface area contributed by atoms with Crippen molar-refractivity contribution >= 4 is 29.3 Å². The monoisotopic (exact) mass is 391 g/mol. The average molecular weight is 391 g/mol. The summed E-state index contributed by atoms with van der Waals surface area (Å²) in [6, 6.07) is 17.5. The largest absolute Gasteiger partial charge is 0.451 e. The molecule has 1 atom stereocenters. The Bertz CT molecular complexity index is 982. The Kier molecular flexibility index (Phi) is 5.34. The van der Waals surface area contributed by atoms with Gasteiger partial charge in [0.2, 0.25) is 0 Å². The van der Waals surface area contributed by atoms with Gasteiger partial charge in [0.25, 0.3) is 5.91 Å². The van der Waals surface area contributed by atoms with Crippen molar-refractivity contribution in [2.75, 3.05) is 17.3 Å². The van der Waals surface area contributed by atoms with E-state index in [0.717, 1.165) is 21.9 Å². The number of rotatable bonds is 4. The van der Waals surface area contributed by atoms with Crippen LogP contribution in [-0.2, 0) is 9.53 Å². The summed E-state index contributed by atoms with van der Waals surface area (Å²) in [5, 5.41) is 0. The van der Waals surface area contributed by atoms with E-state index in [1.54, 1.807) is 16.7 Å². The van der Waals surface area contributed by atoms with Gasteiger partial charge in [0.15, 0.2) is 12.3 Å². The molecule has 28 heavy (non-hydrogen) atoms. The molecule has 0 saturated heterocycles. The van der Waals surface area contributed by atoms with Crippen LogP contribution in [0.15, 0.2) is 78.1 Å². The van der Waals surface area contributed by atoms with Crippen LogP contribution in [0.4, 0.5) is 5.69 Å². The highest BCUT2D eigenvalue weighted by molar-refractivity contribution is 7.99. The summed E-state index contributed by atoms with van der Waals surface area (Å²) in [5.41, 5.74) is 1.94. The van der Waals surface area contributed by atoms with Crippen LogP contribution in [0.25, 0.3) is 0 Å². The van der Waals surface area contributed by atoms with Crippen LogP contribution in [0.3, 0.4) is 0 Å². The number of esters is 1. The van der Waals surface area contributed by atoms with E-state index in [9.17, 15) is 9.59 Å². The first-order valence-corrected chi connectivity index (χ1v) is 9.74. The highest BCUT2D eigenvalue weighted by Gasteiger charge is 2.33. The lowest BCUT2D eigenvalue weighted by atomic mass is 10.1. The maximum absolute atomic E-state index is 13.1. The van der Waals surface area contributed by atoms with E-state index in [0.29, 0.717) is 0 Å². The van der Waals surface area contributed by atoms with Crippen LogP contribution >= 0.6 is 11.8 Å². The minimum atomic E-state index is -0.669. The molecule has 1 aromatic heterocycles. The zero-order valence-corrected chi connectivity index (χ0v) is 15.7. The molecule has 6 nitrogen and oxygen atoms in total. The second kappa shape index (κ2) is 8.22. The number of anilines is 1. The molecule has 140 valence electrons. The summed E-state index contributed by atoms with van der Waals surface area (Å²) >= 11 is 1.71. The van der Waals surface area contributed by atoms with Crippen molar-refractivity contribution in [2.24, 2.45) is 0 Å². The molecule has 1 aliphatic heterocycles. The quantitative estimate of drug-likeness (QED) is 0.634. The molecule has 1 unspecified atom stereocenters. The van der Waals surface area contributed by atoms with Gasteiger partial charge in [0, 0.05) is 23.0 Å². The molecule has 0 radical (unpaired) electrons. The fourth-order valence-electron chi connectivity index (χ4n) is 3.09. The van der Waals surface area contributed by atoms with E-state index in [-0.39, 0.29) is 24.2 Å². The number of aromatic nitrogens is 2.